The van der Waals surface area contributed by atoms with Crippen LogP contribution in [0.4, 0.5) is 0 Å². The number of hydrogen-bond acceptors (Lipinski definition) is 5. The molecule has 0 spiro atoms. The quantitative estimate of drug-likeness (QED) is 0.631. The number of aryl methyl sites for hydroxylation is 1. The first-order chi connectivity index (χ1) is 12.2. The van der Waals surface area contributed by atoms with Gasteiger partial charge in [0.2, 0.25) is 0 Å². The summed E-state index contributed by atoms with van der Waals surface area (Å²) in [5.74, 6) is 1.35. The molecule has 6 heteroatoms. The monoisotopic (exact) mass is 353 g/mol. The Bertz CT molecular complexity index is 930. The fourth-order valence-electron chi connectivity index (χ4n) is 2.69. The Morgan fingerprint density at radius 1 is 1.16 bits per heavy atom. The molecule has 25 heavy (non-hydrogen) atoms. The van der Waals surface area contributed by atoms with Gasteiger partial charge in [0.1, 0.15) is 5.25 Å². The Morgan fingerprint density at radius 3 is 2.60 bits per heavy atom. The highest BCUT2D eigenvalue weighted by Gasteiger charge is 2.17. The minimum atomic E-state index is -0.242. The van der Waals surface area contributed by atoms with Crippen molar-refractivity contribution in [2.24, 2.45) is 7.05 Å². The molecule has 1 aromatic heterocycles. The van der Waals surface area contributed by atoms with Crippen LogP contribution in [-0.2, 0) is 13.5 Å². The minimum Gasteiger partial charge on any atom is -0.493 e. The van der Waals surface area contributed by atoms with Crippen LogP contribution in [-0.4, -0.2) is 29.0 Å². The summed E-state index contributed by atoms with van der Waals surface area (Å²) in [5, 5.41) is 10.2. The van der Waals surface area contributed by atoms with E-state index in [4.69, 9.17) is 9.47 Å². The number of aromatic nitrogens is 2. The van der Waals surface area contributed by atoms with E-state index in [0.717, 1.165) is 21.8 Å². The zero-order chi connectivity index (χ0) is 17.8. The Morgan fingerprint density at radius 2 is 1.92 bits per heavy atom. The van der Waals surface area contributed by atoms with E-state index in [2.05, 4.69) is 11.1 Å². The Labute approximate surface area is 151 Å². The standard InChI is InChI=1S/C19H19N3O2S/c1-22-16-7-5-4-6-15(16)21-19(22)25-14(12-20)10-13-8-9-17(23-2)18(11-13)24-3/h4-9,11,14H,10H2,1-3H3. The molecule has 0 fully saturated rings. The molecule has 2 aromatic carbocycles. The van der Waals surface area contributed by atoms with E-state index in [1.165, 1.54) is 11.8 Å². The van der Waals surface area contributed by atoms with Crippen LogP contribution in [0.1, 0.15) is 5.56 Å². The molecule has 0 saturated carbocycles. The maximum absolute atomic E-state index is 9.58. The predicted molar refractivity (Wildman–Crippen MR) is 99.2 cm³/mol. The van der Waals surface area contributed by atoms with Gasteiger partial charge in [0.05, 0.1) is 31.3 Å². The van der Waals surface area contributed by atoms with Crippen molar-refractivity contribution in [3.05, 3.63) is 48.0 Å². The molecule has 0 N–H and O–H groups in total. The van der Waals surface area contributed by atoms with Crippen LogP contribution >= 0.6 is 11.8 Å². The Balaban J connectivity index is 1.81. The lowest BCUT2D eigenvalue weighted by Gasteiger charge is -2.12. The van der Waals surface area contributed by atoms with Crippen LogP contribution in [0.25, 0.3) is 11.0 Å². The predicted octanol–water partition coefficient (Wildman–Crippen LogP) is 3.82. The summed E-state index contributed by atoms with van der Waals surface area (Å²) < 4.78 is 12.6. The van der Waals surface area contributed by atoms with Crippen LogP contribution < -0.4 is 9.47 Å². The fraction of sp³-hybridized carbons (Fsp3) is 0.263. The average molecular weight is 353 g/mol. The molecule has 0 bridgehead atoms. The van der Waals surface area contributed by atoms with Crippen molar-refractivity contribution in [3.8, 4) is 17.6 Å². The summed E-state index contributed by atoms with van der Waals surface area (Å²) in [6, 6.07) is 16.1. The second-order valence-electron chi connectivity index (χ2n) is 5.57. The summed E-state index contributed by atoms with van der Waals surface area (Å²) in [7, 11) is 5.19. The van der Waals surface area contributed by atoms with Crippen LogP contribution in [0.15, 0.2) is 47.6 Å². The van der Waals surface area contributed by atoms with Crippen molar-refractivity contribution in [1.82, 2.24) is 9.55 Å². The first kappa shape index (κ1) is 17.2. The molecule has 1 unspecified atom stereocenters. The Kier molecular flexibility index (Phi) is 5.15. The maximum atomic E-state index is 9.58. The highest BCUT2D eigenvalue weighted by Crippen LogP contribution is 2.31. The van der Waals surface area contributed by atoms with Crippen molar-refractivity contribution in [1.29, 1.82) is 5.26 Å². The number of imidazole rings is 1. The van der Waals surface area contributed by atoms with Crippen LogP contribution in [0.5, 0.6) is 11.5 Å². The largest absolute Gasteiger partial charge is 0.493 e. The lowest BCUT2D eigenvalue weighted by molar-refractivity contribution is 0.354. The number of nitrogens with zero attached hydrogens (tertiary/aromatic N) is 3. The van der Waals surface area contributed by atoms with Gasteiger partial charge < -0.3 is 14.0 Å². The number of hydrogen-bond donors (Lipinski definition) is 0. The number of rotatable bonds is 6. The van der Waals surface area contributed by atoms with Gasteiger partial charge in [-0.15, -0.1) is 0 Å². The van der Waals surface area contributed by atoms with Crippen molar-refractivity contribution in [2.45, 2.75) is 16.8 Å². The molecule has 1 atom stereocenters. The summed E-state index contributed by atoms with van der Waals surface area (Å²) >= 11 is 1.48. The third-order valence-electron chi connectivity index (χ3n) is 4.01. The van der Waals surface area contributed by atoms with E-state index in [0.29, 0.717) is 17.9 Å². The molecule has 3 aromatic rings. The first-order valence-electron chi connectivity index (χ1n) is 7.85. The smallest absolute Gasteiger partial charge is 0.170 e. The van der Waals surface area contributed by atoms with Crippen LogP contribution in [0.3, 0.4) is 0 Å². The summed E-state index contributed by atoms with van der Waals surface area (Å²) in [5.41, 5.74) is 3.03. The molecule has 128 valence electrons. The molecule has 0 radical (unpaired) electrons. The molecular formula is C19H19N3O2S. The van der Waals surface area contributed by atoms with Gasteiger partial charge in [-0.1, -0.05) is 30.0 Å². The van der Waals surface area contributed by atoms with Gasteiger partial charge in [-0.25, -0.2) is 4.98 Å². The molecule has 5 nitrogen and oxygen atoms in total. The highest BCUT2D eigenvalue weighted by atomic mass is 32.2. The van der Waals surface area contributed by atoms with E-state index >= 15 is 0 Å². The zero-order valence-corrected chi connectivity index (χ0v) is 15.2. The number of thioether (sulfide) groups is 1. The van der Waals surface area contributed by atoms with Gasteiger partial charge in [0, 0.05) is 7.05 Å². The maximum Gasteiger partial charge on any atom is 0.170 e. The number of nitriles is 1. The molecule has 0 aliphatic carbocycles. The molecule has 0 aliphatic heterocycles. The van der Waals surface area contributed by atoms with Gasteiger partial charge in [0.25, 0.3) is 0 Å². The molecule has 0 amide bonds. The lowest BCUT2D eigenvalue weighted by atomic mass is 10.1. The van der Waals surface area contributed by atoms with Crippen LogP contribution in [0.2, 0.25) is 0 Å². The minimum absolute atomic E-state index is 0.242. The molecule has 3 rings (SSSR count). The SMILES string of the molecule is COc1ccc(CC(C#N)Sc2nc3ccccc3n2C)cc1OC. The third kappa shape index (κ3) is 3.57. The van der Waals surface area contributed by atoms with Crippen LogP contribution in [0, 0.1) is 11.3 Å². The molecular weight excluding hydrogens is 334 g/mol. The Hall–Kier alpha value is -2.65. The summed E-state index contributed by atoms with van der Waals surface area (Å²) in [6.07, 6.45) is 0.602. The van der Waals surface area contributed by atoms with Gasteiger partial charge >= 0.3 is 0 Å². The normalized spacial score (nSPS) is 11.9. The van der Waals surface area contributed by atoms with Gasteiger partial charge in [-0.2, -0.15) is 5.26 Å². The van der Waals surface area contributed by atoms with Crippen molar-refractivity contribution in [3.63, 3.8) is 0 Å². The van der Waals surface area contributed by atoms with Gasteiger partial charge in [-0.05, 0) is 36.2 Å². The van der Waals surface area contributed by atoms with Crippen molar-refractivity contribution in [2.75, 3.05) is 14.2 Å². The summed E-state index contributed by atoms with van der Waals surface area (Å²) in [4.78, 5) is 4.63. The fourth-order valence-corrected chi connectivity index (χ4v) is 3.68. The number of ether oxygens (including phenoxy) is 2. The first-order valence-corrected chi connectivity index (χ1v) is 8.73. The van der Waals surface area contributed by atoms with E-state index in [1.807, 2.05) is 54.1 Å². The molecule has 0 aliphatic rings. The van der Waals surface area contributed by atoms with E-state index in [-0.39, 0.29) is 5.25 Å². The second-order valence-corrected chi connectivity index (χ2v) is 6.74. The lowest BCUT2D eigenvalue weighted by Crippen LogP contribution is -2.06. The second kappa shape index (κ2) is 7.49. The van der Waals surface area contributed by atoms with E-state index in [9.17, 15) is 5.26 Å². The number of para-hydroxylation sites is 2. The topological polar surface area (TPSA) is 60.1 Å². The van der Waals surface area contributed by atoms with Gasteiger partial charge in [0.15, 0.2) is 16.7 Å². The number of methoxy groups -OCH3 is 2. The molecule has 1 heterocycles. The zero-order valence-electron chi connectivity index (χ0n) is 14.4. The third-order valence-corrected chi connectivity index (χ3v) is 5.14. The number of fused-ring (bicyclic) bond motifs is 1. The molecule has 0 saturated heterocycles. The highest BCUT2D eigenvalue weighted by molar-refractivity contribution is 8.00. The van der Waals surface area contributed by atoms with Gasteiger partial charge in [-0.3, -0.25) is 0 Å². The number of benzene rings is 2. The van der Waals surface area contributed by atoms with Crippen molar-refractivity contribution >= 4 is 22.8 Å². The average Bonchev–Trinajstić information content (AvgIpc) is 2.97. The van der Waals surface area contributed by atoms with Crippen molar-refractivity contribution < 1.29 is 9.47 Å². The van der Waals surface area contributed by atoms with E-state index < -0.39 is 0 Å². The summed E-state index contributed by atoms with van der Waals surface area (Å²) in [6.45, 7) is 0. The van der Waals surface area contributed by atoms with E-state index in [1.54, 1.807) is 14.2 Å².